The van der Waals surface area contributed by atoms with Crippen molar-refractivity contribution in [1.82, 2.24) is 4.98 Å². The van der Waals surface area contributed by atoms with Crippen molar-refractivity contribution in [2.24, 2.45) is 0 Å². The lowest BCUT2D eigenvalue weighted by atomic mass is 10.00. The molecule has 1 aromatic heterocycles. The zero-order chi connectivity index (χ0) is 11.5. The Hall–Kier alpha value is -1.35. The molecule has 16 heavy (non-hydrogen) atoms. The average Bonchev–Trinajstić information content (AvgIpc) is 2.68. The van der Waals surface area contributed by atoms with Gasteiger partial charge in [-0.05, 0) is 37.5 Å². The van der Waals surface area contributed by atoms with Gasteiger partial charge in [-0.3, -0.25) is 0 Å². The third-order valence-corrected chi connectivity index (χ3v) is 3.42. The fraction of sp³-hybridized carbons (Fsp3) is 0.308. The number of rotatable bonds is 3. The van der Waals surface area contributed by atoms with Crippen molar-refractivity contribution in [1.29, 1.82) is 0 Å². The van der Waals surface area contributed by atoms with Crippen molar-refractivity contribution in [3.63, 3.8) is 0 Å². The molecule has 2 nitrogen and oxygen atoms in total. The number of aromatic nitrogens is 1. The minimum Gasteiger partial charge on any atom is -0.357 e. The summed E-state index contributed by atoms with van der Waals surface area (Å²) >= 11 is 1.63. The lowest BCUT2D eigenvalue weighted by molar-refractivity contribution is 1.07. The molecule has 1 aromatic carbocycles. The van der Waals surface area contributed by atoms with Crippen molar-refractivity contribution in [3.05, 3.63) is 46.0 Å². The van der Waals surface area contributed by atoms with Gasteiger partial charge in [0.15, 0.2) is 5.13 Å². The highest BCUT2D eigenvalue weighted by atomic mass is 32.1. The highest BCUT2D eigenvalue weighted by Crippen LogP contribution is 2.19. The number of hydrogen-bond donors (Lipinski definition) is 1. The van der Waals surface area contributed by atoms with E-state index in [2.05, 4.69) is 43.2 Å². The number of benzene rings is 1. The van der Waals surface area contributed by atoms with Gasteiger partial charge in [-0.2, -0.15) is 0 Å². The van der Waals surface area contributed by atoms with Crippen LogP contribution >= 0.6 is 11.3 Å². The summed E-state index contributed by atoms with van der Waals surface area (Å²) in [6.07, 6.45) is 1.82. The van der Waals surface area contributed by atoms with Crippen LogP contribution in [0.4, 0.5) is 5.13 Å². The van der Waals surface area contributed by atoms with Crippen molar-refractivity contribution in [2.75, 3.05) is 5.32 Å². The summed E-state index contributed by atoms with van der Waals surface area (Å²) in [5, 5.41) is 6.32. The molecule has 0 radical (unpaired) electrons. The topological polar surface area (TPSA) is 24.9 Å². The van der Waals surface area contributed by atoms with Gasteiger partial charge in [0, 0.05) is 18.1 Å². The van der Waals surface area contributed by atoms with E-state index in [0.717, 1.165) is 11.7 Å². The molecule has 0 aliphatic heterocycles. The van der Waals surface area contributed by atoms with Gasteiger partial charge < -0.3 is 5.32 Å². The van der Waals surface area contributed by atoms with E-state index < -0.39 is 0 Å². The normalized spacial score (nSPS) is 10.4. The zero-order valence-corrected chi connectivity index (χ0v) is 10.7. The van der Waals surface area contributed by atoms with Gasteiger partial charge in [-0.25, -0.2) is 4.98 Å². The molecule has 1 N–H and O–H groups in total. The fourth-order valence-electron chi connectivity index (χ4n) is 1.96. The van der Waals surface area contributed by atoms with Crippen molar-refractivity contribution in [3.8, 4) is 0 Å². The Bertz CT molecular complexity index is 452. The van der Waals surface area contributed by atoms with Crippen LogP contribution in [-0.4, -0.2) is 4.98 Å². The molecule has 2 rings (SSSR count). The van der Waals surface area contributed by atoms with E-state index >= 15 is 0 Å². The molecule has 0 bridgehead atoms. The summed E-state index contributed by atoms with van der Waals surface area (Å²) in [7, 11) is 0. The molecule has 0 aliphatic rings. The maximum atomic E-state index is 4.22. The Morgan fingerprint density at radius 3 is 2.44 bits per heavy atom. The molecular formula is C13H16N2S. The first kappa shape index (κ1) is 11.1. The van der Waals surface area contributed by atoms with E-state index in [-0.39, 0.29) is 0 Å². The summed E-state index contributed by atoms with van der Waals surface area (Å²) in [6, 6.07) is 4.46. The molecule has 2 aromatic rings. The van der Waals surface area contributed by atoms with Crippen LogP contribution in [0.2, 0.25) is 0 Å². The number of nitrogens with one attached hydrogen (secondary N) is 1. The lowest BCUT2D eigenvalue weighted by Crippen LogP contribution is -2.03. The van der Waals surface area contributed by atoms with Gasteiger partial charge in [0.05, 0.1) is 0 Å². The Morgan fingerprint density at radius 2 is 1.88 bits per heavy atom. The van der Waals surface area contributed by atoms with E-state index in [4.69, 9.17) is 0 Å². The third-order valence-electron chi connectivity index (χ3n) is 2.69. The molecule has 0 fully saturated rings. The van der Waals surface area contributed by atoms with E-state index in [1.54, 1.807) is 11.3 Å². The summed E-state index contributed by atoms with van der Waals surface area (Å²) in [5.41, 5.74) is 5.40. The fourth-order valence-corrected chi connectivity index (χ4v) is 2.49. The minimum absolute atomic E-state index is 0.853. The second kappa shape index (κ2) is 4.66. The second-order valence-corrected chi connectivity index (χ2v) is 4.96. The lowest BCUT2D eigenvalue weighted by Gasteiger charge is -2.11. The predicted octanol–water partition coefficient (Wildman–Crippen LogP) is 3.68. The molecule has 1 heterocycles. The smallest absolute Gasteiger partial charge is 0.182 e. The summed E-state index contributed by atoms with van der Waals surface area (Å²) < 4.78 is 0. The highest BCUT2D eigenvalue weighted by Gasteiger charge is 2.04. The molecule has 0 spiro atoms. The van der Waals surface area contributed by atoms with Crippen molar-refractivity contribution < 1.29 is 0 Å². The number of aryl methyl sites for hydroxylation is 3. The van der Waals surface area contributed by atoms with Gasteiger partial charge >= 0.3 is 0 Å². The summed E-state index contributed by atoms with van der Waals surface area (Å²) in [5.74, 6) is 0. The van der Waals surface area contributed by atoms with Gasteiger partial charge in [-0.15, -0.1) is 11.3 Å². The Morgan fingerprint density at radius 1 is 1.19 bits per heavy atom. The first-order valence-corrected chi connectivity index (χ1v) is 6.25. The molecule has 0 saturated heterocycles. The van der Waals surface area contributed by atoms with Crippen LogP contribution in [-0.2, 0) is 6.54 Å². The van der Waals surface area contributed by atoms with E-state index in [1.165, 1.54) is 22.3 Å². The maximum absolute atomic E-state index is 4.22. The molecule has 0 unspecified atom stereocenters. The highest BCUT2D eigenvalue weighted by molar-refractivity contribution is 7.13. The number of thiazole rings is 1. The first-order chi connectivity index (χ1) is 7.66. The van der Waals surface area contributed by atoms with Crippen LogP contribution in [0.15, 0.2) is 23.7 Å². The molecular weight excluding hydrogens is 216 g/mol. The van der Waals surface area contributed by atoms with Gasteiger partial charge in [0.1, 0.15) is 0 Å². The van der Waals surface area contributed by atoms with E-state index in [9.17, 15) is 0 Å². The van der Waals surface area contributed by atoms with Gasteiger partial charge in [-0.1, -0.05) is 17.7 Å². The monoisotopic (exact) mass is 232 g/mol. The van der Waals surface area contributed by atoms with Crippen molar-refractivity contribution in [2.45, 2.75) is 27.3 Å². The molecule has 0 aliphatic carbocycles. The minimum atomic E-state index is 0.853. The van der Waals surface area contributed by atoms with Crippen molar-refractivity contribution >= 4 is 16.5 Å². The van der Waals surface area contributed by atoms with Crippen LogP contribution < -0.4 is 5.32 Å². The molecule has 0 saturated carbocycles. The van der Waals surface area contributed by atoms with E-state index in [1.807, 2.05) is 11.6 Å². The van der Waals surface area contributed by atoms with E-state index in [0.29, 0.717) is 0 Å². The maximum Gasteiger partial charge on any atom is 0.182 e. The van der Waals surface area contributed by atoms with Crippen LogP contribution in [0.1, 0.15) is 22.3 Å². The Balaban J connectivity index is 2.15. The Kier molecular flexibility index (Phi) is 3.25. The van der Waals surface area contributed by atoms with Crippen LogP contribution in [0.3, 0.4) is 0 Å². The number of anilines is 1. The zero-order valence-electron chi connectivity index (χ0n) is 9.87. The third kappa shape index (κ3) is 2.42. The second-order valence-electron chi connectivity index (χ2n) is 4.07. The molecule has 0 amide bonds. The largest absolute Gasteiger partial charge is 0.357 e. The Labute approximate surface area is 100 Å². The number of nitrogens with zero attached hydrogens (tertiary/aromatic N) is 1. The molecule has 84 valence electrons. The predicted molar refractivity (Wildman–Crippen MR) is 70.1 cm³/mol. The van der Waals surface area contributed by atoms with Crippen LogP contribution in [0.5, 0.6) is 0 Å². The molecule has 3 heteroatoms. The van der Waals surface area contributed by atoms with Crippen LogP contribution in [0.25, 0.3) is 0 Å². The summed E-state index contributed by atoms with van der Waals surface area (Å²) in [6.45, 7) is 7.32. The SMILES string of the molecule is Cc1cc(C)c(CNc2nccs2)c(C)c1. The summed E-state index contributed by atoms with van der Waals surface area (Å²) in [4.78, 5) is 4.22. The van der Waals surface area contributed by atoms with Crippen LogP contribution in [0, 0.1) is 20.8 Å². The standard InChI is InChI=1S/C13H16N2S/c1-9-6-10(2)12(11(3)7-9)8-15-13-14-4-5-16-13/h4-7H,8H2,1-3H3,(H,14,15). The quantitative estimate of drug-likeness (QED) is 0.873. The molecule has 0 atom stereocenters. The average molecular weight is 232 g/mol. The van der Waals surface area contributed by atoms with Gasteiger partial charge in [0.25, 0.3) is 0 Å². The number of hydrogen-bond acceptors (Lipinski definition) is 3. The first-order valence-electron chi connectivity index (χ1n) is 5.37. The van der Waals surface area contributed by atoms with Gasteiger partial charge in [0.2, 0.25) is 0 Å².